The number of halogens is 1. The Labute approximate surface area is 86.9 Å². The van der Waals surface area contributed by atoms with Crippen LogP contribution in [-0.2, 0) is 14.3 Å². The fourth-order valence-electron chi connectivity index (χ4n) is 0.632. The first-order valence-electron chi connectivity index (χ1n) is 4.10. The smallest absolute Gasteiger partial charge is 0.321 e. The number of rotatable bonds is 6. The van der Waals surface area contributed by atoms with Crippen molar-refractivity contribution >= 4 is 28.6 Å². The SMILES string of the molecule is CCCOCC(I)C(=O)OCC. The summed E-state index contributed by atoms with van der Waals surface area (Å²) in [6.45, 7) is 5.43. The monoisotopic (exact) mass is 286 g/mol. The predicted octanol–water partition coefficient (Wildman–Crippen LogP) is 1.78. The maximum Gasteiger partial charge on any atom is 0.321 e. The van der Waals surface area contributed by atoms with Gasteiger partial charge in [-0.3, -0.25) is 4.79 Å². The number of hydrogen-bond donors (Lipinski definition) is 0. The van der Waals surface area contributed by atoms with E-state index < -0.39 is 0 Å². The molecule has 0 aromatic heterocycles. The number of carbonyl (C=O) groups excluding carboxylic acids is 1. The van der Waals surface area contributed by atoms with Crippen LogP contribution in [0, 0.1) is 0 Å². The summed E-state index contributed by atoms with van der Waals surface area (Å²) >= 11 is 2.03. The van der Waals surface area contributed by atoms with Crippen LogP contribution in [0.15, 0.2) is 0 Å². The molecule has 0 aliphatic rings. The van der Waals surface area contributed by atoms with Gasteiger partial charge in [-0.05, 0) is 13.3 Å². The topological polar surface area (TPSA) is 35.5 Å². The van der Waals surface area contributed by atoms with Gasteiger partial charge < -0.3 is 9.47 Å². The second-order valence-corrected chi connectivity index (χ2v) is 3.80. The lowest BCUT2D eigenvalue weighted by Crippen LogP contribution is -2.22. The first-order chi connectivity index (χ1) is 5.72. The van der Waals surface area contributed by atoms with Crippen molar-refractivity contribution in [1.82, 2.24) is 0 Å². The molecule has 0 radical (unpaired) electrons. The molecule has 1 atom stereocenters. The van der Waals surface area contributed by atoms with Gasteiger partial charge in [0.05, 0.1) is 13.2 Å². The van der Waals surface area contributed by atoms with Crippen molar-refractivity contribution in [2.24, 2.45) is 0 Å². The number of esters is 1. The van der Waals surface area contributed by atoms with Crippen LogP contribution in [0.1, 0.15) is 20.3 Å². The molecule has 0 aromatic carbocycles. The average molecular weight is 286 g/mol. The Hall–Kier alpha value is 0.160. The number of ether oxygens (including phenoxy) is 2. The first-order valence-corrected chi connectivity index (χ1v) is 5.35. The third-order valence-electron chi connectivity index (χ3n) is 1.15. The lowest BCUT2D eigenvalue weighted by atomic mass is 10.4. The maximum atomic E-state index is 11.0. The van der Waals surface area contributed by atoms with Crippen molar-refractivity contribution in [3.8, 4) is 0 Å². The minimum Gasteiger partial charge on any atom is -0.465 e. The Balaban J connectivity index is 3.42. The van der Waals surface area contributed by atoms with Crippen LogP contribution < -0.4 is 0 Å². The van der Waals surface area contributed by atoms with Crippen LogP contribution in [0.4, 0.5) is 0 Å². The van der Waals surface area contributed by atoms with Crippen LogP contribution in [0.3, 0.4) is 0 Å². The van der Waals surface area contributed by atoms with E-state index in [2.05, 4.69) is 0 Å². The highest BCUT2D eigenvalue weighted by molar-refractivity contribution is 14.1. The fourth-order valence-corrected chi connectivity index (χ4v) is 1.07. The van der Waals surface area contributed by atoms with E-state index >= 15 is 0 Å². The average Bonchev–Trinajstić information content (AvgIpc) is 2.05. The molecule has 0 rings (SSSR count). The van der Waals surface area contributed by atoms with E-state index in [-0.39, 0.29) is 9.89 Å². The molecule has 0 aliphatic carbocycles. The Bertz CT molecular complexity index is 127. The van der Waals surface area contributed by atoms with E-state index in [4.69, 9.17) is 9.47 Å². The van der Waals surface area contributed by atoms with Gasteiger partial charge in [0.2, 0.25) is 0 Å². The predicted molar refractivity (Wildman–Crippen MR) is 55.6 cm³/mol. The maximum absolute atomic E-state index is 11.0. The zero-order chi connectivity index (χ0) is 9.40. The Morgan fingerprint density at radius 3 is 2.67 bits per heavy atom. The molecule has 0 saturated carbocycles. The van der Waals surface area contributed by atoms with E-state index in [0.29, 0.717) is 19.8 Å². The van der Waals surface area contributed by atoms with Crippen LogP contribution >= 0.6 is 22.6 Å². The highest BCUT2D eigenvalue weighted by Gasteiger charge is 2.15. The summed E-state index contributed by atoms with van der Waals surface area (Å²) in [5.41, 5.74) is 0. The van der Waals surface area contributed by atoms with Crippen molar-refractivity contribution in [3.05, 3.63) is 0 Å². The molecule has 0 aliphatic heterocycles. The Kier molecular flexibility index (Phi) is 7.89. The van der Waals surface area contributed by atoms with Crippen molar-refractivity contribution in [3.63, 3.8) is 0 Å². The normalized spacial score (nSPS) is 12.6. The van der Waals surface area contributed by atoms with E-state index in [1.165, 1.54) is 0 Å². The summed E-state index contributed by atoms with van der Waals surface area (Å²) in [7, 11) is 0. The second-order valence-electron chi connectivity index (χ2n) is 2.29. The lowest BCUT2D eigenvalue weighted by Gasteiger charge is -2.08. The van der Waals surface area contributed by atoms with Crippen molar-refractivity contribution in [2.45, 2.75) is 24.2 Å². The molecule has 0 fully saturated rings. The second kappa shape index (κ2) is 7.79. The van der Waals surface area contributed by atoms with Crippen LogP contribution in [-0.4, -0.2) is 29.7 Å². The van der Waals surface area contributed by atoms with Crippen molar-refractivity contribution < 1.29 is 14.3 Å². The van der Waals surface area contributed by atoms with E-state index in [1.807, 2.05) is 29.5 Å². The van der Waals surface area contributed by atoms with Gasteiger partial charge >= 0.3 is 5.97 Å². The van der Waals surface area contributed by atoms with Gasteiger partial charge in [-0.2, -0.15) is 0 Å². The molecular formula is C8H15IO3. The fraction of sp³-hybridized carbons (Fsp3) is 0.875. The molecule has 12 heavy (non-hydrogen) atoms. The molecule has 3 nitrogen and oxygen atoms in total. The molecule has 0 aromatic rings. The summed E-state index contributed by atoms with van der Waals surface area (Å²) in [6, 6.07) is 0. The van der Waals surface area contributed by atoms with Crippen molar-refractivity contribution in [1.29, 1.82) is 0 Å². The third kappa shape index (κ3) is 5.77. The highest BCUT2D eigenvalue weighted by Crippen LogP contribution is 2.03. The molecule has 0 spiro atoms. The molecular weight excluding hydrogens is 271 g/mol. The number of hydrogen-bond acceptors (Lipinski definition) is 3. The quantitative estimate of drug-likeness (QED) is 0.323. The van der Waals surface area contributed by atoms with E-state index in [0.717, 1.165) is 6.42 Å². The third-order valence-corrected chi connectivity index (χ3v) is 2.02. The molecule has 0 N–H and O–H groups in total. The number of carbonyl (C=O) groups is 1. The van der Waals surface area contributed by atoms with Crippen LogP contribution in [0.2, 0.25) is 0 Å². The highest BCUT2D eigenvalue weighted by atomic mass is 127. The minimum atomic E-state index is -0.186. The van der Waals surface area contributed by atoms with Crippen LogP contribution in [0.25, 0.3) is 0 Å². The summed E-state index contributed by atoms with van der Waals surface area (Å²) in [5.74, 6) is -0.186. The standard InChI is InChI=1S/C8H15IO3/c1-3-5-11-6-7(9)8(10)12-4-2/h7H,3-6H2,1-2H3. The molecule has 0 bridgehead atoms. The Morgan fingerprint density at radius 2 is 2.17 bits per heavy atom. The largest absolute Gasteiger partial charge is 0.465 e. The summed E-state index contributed by atoms with van der Waals surface area (Å²) in [6.07, 6.45) is 0.978. The lowest BCUT2D eigenvalue weighted by molar-refractivity contribution is -0.143. The molecule has 0 saturated heterocycles. The zero-order valence-electron chi connectivity index (χ0n) is 7.51. The van der Waals surface area contributed by atoms with E-state index in [9.17, 15) is 4.79 Å². The van der Waals surface area contributed by atoms with Gasteiger partial charge in [-0.25, -0.2) is 0 Å². The van der Waals surface area contributed by atoms with Gasteiger partial charge in [-0.1, -0.05) is 29.5 Å². The van der Waals surface area contributed by atoms with Gasteiger partial charge in [-0.15, -0.1) is 0 Å². The van der Waals surface area contributed by atoms with Crippen molar-refractivity contribution in [2.75, 3.05) is 19.8 Å². The number of alkyl halides is 1. The van der Waals surface area contributed by atoms with Crippen LogP contribution in [0.5, 0.6) is 0 Å². The van der Waals surface area contributed by atoms with Gasteiger partial charge in [0, 0.05) is 6.61 Å². The zero-order valence-corrected chi connectivity index (χ0v) is 9.67. The molecule has 4 heteroatoms. The van der Waals surface area contributed by atoms with E-state index in [1.54, 1.807) is 6.92 Å². The van der Waals surface area contributed by atoms with Gasteiger partial charge in [0.25, 0.3) is 0 Å². The summed E-state index contributed by atoms with van der Waals surface area (Å²) in [5, 5.41) is 0. The van der Waals surface area contributed by atoms with Gasteiger partial charge in [0.1, 0.15) is 3.92 Å². The molecule has 0 heterocycles. The summed E-state index contributed by atoms with van der Waals surface area (Å²) in [4.78, 5) is 11.0. The summed E-state index contributed by atoms with van der Waals surface area (Å²) < 4.78 is 9.84. The molecule has 1 unspecified atom stereocenters. The Morgan fingerprint density at radius 1 is 1.50 bits per heavy atom. The first kappa shape index (κ1) is 12.2. The minimum absolute atomic E-state index is 0.172. The molecule has 72 valence electrons. The molecule has 0 amide bonds. The van der Waals surface area contributed by atoms with Gasteiger partial charge in [0.15, 0.2) is 0 Å².